The first-order valence-electron chi connectivity index (χ1n) is 4.62. The van der Waals surface area contributed by atoms with Crippen LogP contribution in [0.3, 0.4) is 0 Å². The van der Waals surface area contributed by atoms with Crippen molar-refractivity contribution in [1.29, 1.82) is 0 Å². The van der Waals surface area contributed by atoms with Gasteiger partial charge in [-0.3, -0.25) is 0 Å². The Kier molecular flexibility index (Phi) is 2.66. The maximum absolute atomic E-state index is 10.9. The number of halogens is 1. The summed E-state index contributed by atoms with van der Waals surface area (Å²) < 4.78 is 1.47. The molecule has 1 aromatic carbocycles. The van der Waals surface area contributed by atoms with Gasteiger partial charge in [0.2, 0.25) is 0 Å². The highest BCUT2D eigenvalue weighted by Gasteiger charge is 2.19. The fourth-order valence-corrected chi connectivity index (χ4v) is 1.83. The zero-order valence-electron chi connectivity index (χ0n) is 8.51. The van der Waals surface area contributed by atoms with Crippen molar-refractivity contribution in [3.8, 4) is 11.4 Å². The zero-order valence-corrected chi connectivity index (χ0v) is 9.27. The summed E-state index contributed by atoms with van der Waals surface area (Å²) in [7, 11) is 1.63. The fraction of sp³-hybridized carbons (Fsp3) is 0.0909. The molecular weight excluding hydrogens is 228 g/mol. The molecule has 0 fully saturated rings. The van der Waals surface area contributed by atoms with Crippen LogP contribution in [0.15, 0.2) is 30.3 Å². The highest BCUT2D eigenvalue weighted by molar-refractivity contribution is 6.32. The van der Waals surface area contributed by atoms with Gasteiger partial charge in [-0.1, -0.05) is 41.9 Å². The summed E-state index contributed by atoms with van der Waals surface area (Å²) >= 11 is 5.78. The maximum Gasteiger partial charge on any atom is 0.355 e. The third-order valence-electron chi connectivity index (χ3n) is 2.29. The molecule has 82 valence electrons. The lowest BCUT2D eigenvalue weighted by molar-refractivity contribution is 0.0687. The quantitative estimate of drug-likeness (QED) is 0.871. The minimum atomic E-state index is -1.08. The van der Waals surface area contributed by atoms with E-state index in [9.17, 15) is 4.79 Å². The van der Waals surface area contributed by atoms with Crippen LogP contribution in [0.4, 0.5) is 0 Å². The summed E-state index contributed by atoms with van der Waals surface area (Å²) in [6.07, 6.45) is 0. The van der Waals surface area contributed by atoms with Crippen molar-refractivity contribution in [2.45, 2.75) is 0 Å². The van der Waals surface area contributed by atoms with Crippen LogP contribution in [0.5, 0.6) is 0 Å². The minimum absolute atomic E-state index is 0.000481. The summed E-state index contributed by atoms with van der Waals surface area (Å²) in [5.41, 5.74) is 0.833. The van der Waals surface area contributed by atoms with Gasteiger partial charge < -0.3 is 9.67 Å². The smallest absolute Gasteiger partial charge is 0.355 e. The van der Waals surface area contributed by atoms with Gasteiger partial charge in [0.1, 0.15) is 5.82 Å². The number of carbonyl (C=O) groups is 1. The highest BCUT2D eigenvalue weighted by Crippen LogP contribution is 2.24. The van der Waals surface area contributed by atoms with E-state index in [1.54, 1.807) is 7.05 Å². The van der Waals surface area contributed by atoms with Crippen molar-refractivity contribution in [2.75, 3.05) is 0 Å². The Balaban J connectivity index is 2.61. The lowest BCUT2D eigenvalue weighted by Crippen LogP contribution is -2.05. The average molecular weight is 237 g/mol. The molecule has 0 spiro atoms. The Labute approximate surface area is 97.1 Å². The number of rotatable bonds is 2. The largest absolute Gasteiger partial charge is 0.476 e. The number of hydrogen-bond donors (Lipinski definition) is 1. The van der Waals surface area contributed by atoms with E-state index in [2.05, 4.69) is 4.98 Å². The third-order valence-corrected chi connectivity index (χ3v) is 2.55. The molecular formula is C11H9ClN2O2. The molecule has 0 aliphatic rings. The molecule has 1 heterocycles. The van der Waals surface area contributed by atoms with E-state index in [4.69, 9.17) is 16.7 Å². The number of imidazole rings is 1. The molecule has 0 atom stereocenters. The van der Waals surface area contributed by atoms with Crippen molar-refractivity contribution in [2.24, 2.45) is 7.05 Å². The van der Waals surface area contributed by atoms with Gasteiger partial charge in [-0.15, -0.1) is 0 Å². The number of aromatic carboxylic acids is 1. The molecule has 2 aromatic rings. The molecule has 0 unspecified atom stereocenters. The van der Waals surface area contributed by atoms with Gasteiger partial charge >= 0.3 is 5.97 Å². The normalized spacial score (nSPS) is 10.4. The number of hydrogen-bond acceptors (Lipinski definition) is 2. The fourth-order valence-electron chi connectivity index (χ4n) is 1.54. The molecule has 0 saturated carbocycles. The number of carboxylic acids is 1. The molecule has 0 amide bonds. The number of aromatic nitrogens is 2. The molecule has 16 heavy (non-hydrogen) atoms. The summed E-state index contributed by atoms with van der Waals surface area (Å²) in [4.78, 5) is 15.0. The van der Waals surface area contributed by atoms with Gasteiger partial charge in [-0.2, -0.15) is 0 Å². The minimum Gasteiger partial charge on any atom is -0.476 e. The van der Waals surface area contributed by atoms with Gasteiger partial charge in [0, 0.05) is 12.6 Å². The summed E-state index contributed by atoms with van der Waals surface area (Å²) in [5, 5.41) is 8.97. The lowest BCUT2D eigenvalue weighted by atomic mass is 10.2. The average Bonchev–Trinajstić information content (AvgIpc) is 2.55. The molecule has 0 bridgehead atoms. The first kappa shape index (κ1) is 10.7. The predicted molar refractivity (Wildman–Crippen MR) is 60.6 cm³/mol. The first-order chi connectivity index (χ1) is 7.61. The van der Waals surface area contributed by atoms with Crippen molar-refractivity contribution < 1.29 is 9.90 Å². The molecule has 5 heteroatoms. The molecule has 0 aliphatic heterocycles. The Morgan fingerprint density at radius 2 is 2.00 bits per heavy atom. The molecule has 4 nitrogen and oxygen atoms in total. The number of benzene rings is 1. The Hall–Kier alpha value is -1.81. The van der Waals surface area contributed by atoms with Crippen molar-refractivity contribution in [3.05, 3.63) is 41.2 Å². The van der Waals surface area contributed by atoms with Gasteiger partial charge in [-0.25, -0.2) is 9.78 Å². The van der Waals surface area contributed by atoms with Crippen LogP contribution in [0.1, 0.15) is 10.5 Å². The second-order valence-electron chi connectivity index (χ2n) is 3.31. The van der Waals surface area contributed by atoms with E-state index in [-0.39, 0.29) is 10.8 Å². The molecule has 2 rings (SSSR count). The van der Waals surface area contributed by atoms with Crippen LogP contribution in [0.2, 0.25) is 5.15 Å². The second kappa shape index (κ2) is 3.98. The molecule has 0 aliphatic carbocycles. The topological polar surface area (TPSA) is 55.1 Å². The Morgan fingerprint density at radius 3 is 2.50 bits per heavy atom. The van der Waals surface area contributed by atoms with E-state index >= 15 is 0 Å². The Morgan fingerprint density at radius 1 is 1.38 bits per heavy atom. The standard InChI is InChI=1S/C11H9ClN2O2/c1-14-8(11(15)16)9(12)13-10(14)7-5-3-2-4-6-7/h2-6H,1H3,(H,15,16). The van der Waals surface area contributed by atoms with E-state index in [0.29, 0.717) is 5.82 Å². The second-order valence-corrected chi connectivity index (χ2v) is 3.66. The summed E-state index contributed by atoms with van der Waals surface area (Å²) in [5.74, 6) is -0.537. The van der Waals surface area contributed by atoms with Gasteiger partial charge in [-0.05, 0) is 0 Å². The molecule has 1 aromatic heterocycles. The summed E-state index contributed by atoms with van der Waals surface area (Å²) in [6, 6.07) is 9.30. The van der Waals surface area contributed by atoms with Crippen molar-refractivity contribution >= 4 is 17.6 Å². The SMILES string of the molecule is Cn1c(-c2ccccc2)nc(Cl)c1C(=O)O. The van der Waals surface area contributed by atoms with E-state index < -0.39 is 5.97 Å². The zero-order chi connectivity index (χ0) is 11.7. The van der Waals surface area contributed by atoms with Crippen molar-refractivity contribution in [1.82, 2.24) is 9.55 Å². The summed E-state index contributed by atoms with van der Waals surface area (Å²) in [6.45, 7) is 0. The van der Waals surface area contributed by atoms with Crippen molar-refractivity contribution in [3.63, 3.8) is 0 Å². The van der Waals surface area contributed by atoms with Gasteiger partial charge in [0.15, 0.2) is 10.8 Å². The number of nitrogens with zero attached hydrogens (tertiary/aromatic N) is 2. The lowest BCUT2D eigenvalue weighted by Gasteiger charge is -2.02. The van der Waals surface area contributed by atoms with Crippen LogP contribution < -0.4 is 0 Å². The van der Waals surface area contributed by atoms with E-state index in [0.717, 1.165) is 5.56 Å². The van der Waals surface area contributed by atoms with E-state index in [1.807, 2.05) is 30.3 Å². The maximum atomic E-state index is 10.9. The predicted octanol–water partition coefficient (Wildman–Crippen LogP) is 2.44. The van der Waals surface area contributed by atoms with Gasteiger partial charge in [0.05, 0.1) is 0 Å². The Bertz CT molecular complexity index is 534. The van der Waals surface area contributed by atoms with Crippen LogP contribution in [-0.2, 0) is 7.05 Å². The number of carboxylic acid groups (broad SMARTS) is 1. The van der Waals surface area contributed by atoms with E-state index in [1.165, 1.54) is 4.57 Å². The van der Waals surface area contributed by atoms with Crippen LogP contribution in [0, 0.1) is 0 Å². The monoisotopic (exact) mass is 236 g/mol. The molecule has 1 N–H and O–H groups in total. The van der Waals surface area contributed by atoms with Crippen LogP contribution in [0.25, 0.3) is 11.4 Å². The molecule has 0 radical (unpaired) electrons. The first-order valence-corrected chi connectivity index (χ1v) is 5.00. The van der Waals surface area contributed by atoms with Crippen LogP contribution >= 0.6 is 11.6 Å². The van der Waals surface area contributed by atoms with Gasteiger partial charge in [0.25, 0.3) is 0 Å². The third kappa shape index (κ3) is 1.67. The highest BCUT2D eigenvalue weighted by atomic mass is 35.5. The van der Waals surface area contributed by atoms with Crippen LogP contribution in [-0.4, -0.2) is 20.6 Å². The molecule has 0 saturated heterocycles.